The third-order valence-electron chi connectivity index (χ3n) is 6.74. The van der Waals surface area contributed by atoms with E-state index in [2.05, 4.69) is 53.0 Å². The minimum absolute atomic E-state index is 0.000682. The van der Waals surface area contributed by atoms with Gasteiger partial charge in [-0.2, -0.15) is 0 Å². The first-order valence-corrected chi connectivity index (χ1v) is 12.4. The Kier molecular flexibility index (Phi) is 5.66. The largest absolute Gasteiger partial charge is 0.496 e. The summed E-state index contributed by atoms with van der Waals surface area (Å²) in [7, 11) is 1.72. The van der Waals surface area contributed by atoms with Crippen LogP contribution in [0.4, 0.5) is 0 Å². The molecule has 0 saturated carbocycles. The molecule has 0 N–H and O–H groups in total. The number of ether oxygens (including phenoxy) is 3. The van der Waals surface area contributed by atoms with Gasteiger partial charge >= 0.3 is 0 Å². The fourth-order valence-corrected chi connectivity index (χ4v) is 10.8. The second kappa shape index (κ2) is 7.52. The Balaban J connectivity index is 2.00. The van der Waals surface area contributed by atoms with Crippen molar-refractivity contribution in [3.63, 3.8) is 0 Å². The maximum atomic E-state index is 6.34. The molecule has 1 saturated heterocycles. The van der Waals surface area contributed by atoms with E-state index in [0.717, 1.165) is 23.5 Å². The van der Waals surface area contributed by atoms with E-state index in [4.69, 9.17) is 14.2 Å². The number of rotatable bonds is 5. The number of hydrogen-bond donors (Lipinski definition) is 0. The van der Waals surface area contributed by atoms with Crippen molar-refractivity contribution < 1.29 is 14.2 Å². The summed E-state index contributed by atoms with van der Waals surface area (Å²) in [6.45, 7) is 14.2. The van der Waals surface area contributed by atoms with Gasteiger partial charge in [0, 0.05) is 11.1 Å². The standard InChI is InChI=1S/C23H34O3Si/c1-14(2)27(15(3)4,16(5)6)12-11-17-13-20-21-18(24-7)9-10-19(25-8)22(21)23(17)26-20/h9-10,14-17,20,23H,13H2,1-8H3/t17-,20+,23-/m0/s1. The van der Waals surface area contributed by atoms with E-state index in [0.29, 0.717) is 16.6 Å². The van der Waals surface area contributed by atoms with E-state index in [1.54, 1.807) is 14.2 Å². The predicted molar refractivity (Wildman–Crippen MR) is 113 cm³/mol. The minimum Gasteiger partial charge on any atom is -0.496 e. The maximum Gasteiger partial charge on any atom is 0.145 e. The van der Waals surface area contributed by atoms with Crippen LogP contribution >= 0.6 is 0 Å². The molecule has 0 aromatic heterocycles. The highest BCUT2D eigenvalue weighted by atomic mass is 28.3. The molecule has 148 valence electrons. The lowest BCUT2D eigenvalue weighted by molar-refractivity contribution is 0.0641. The lowest BCUT2D eigenvalue weighted by Crippen LogP contribution is -2.43. The number of benzene rings is 1. The van der Waals surface area contributed by atoms with Crippen LogP contribution in [0.15, 0.2) is 12.1 Å². The average molecular weight is 387 g/mol. The Morgan fingerprint density at radius 2 is 1.44 bits per heavy atom. The third-order valence-corrected chi connectivity index (χ3v) is 13.0. The Morgan fingerprint density at radius 3 is 1.93 bits per heavy atom. The smallest absolute Gasteiger partial charge is 0.145 e. The topological polar surface area (TPSA) is 27.7 Å². The highest BCUT2D eigenvalue weighted by molar-refractivity contribution is 6.90. The van der Waals surface area contributed by atoms with E-state index in [-0.39, 0.29) is 18.1 Å². The van der Waals surface area contributed by atoms with Gasteiger partial charge in [-0.3, -0.25) is 0 Å². The second-order valence-corrected chi connectivity index (χ2v) is 14.4. The number of methoxy groups -OCH3 is 2. The van der Waals surface area contributed by atoms with Gasteiger partial charge in [0.1, 0.15) is 25.7 Å². The molecule has 3 atom stereocenters. The van der Waals surface area contributed by atoms with E-state index in [1.165, 1.54) is 5.56 Å². The number of fused-ring (bicyclic) bond motifs is 5. The zero-order valence-corrected chi connectivity index (χ0v) is 19.1. The highest BCUT2D eigenvalue weighted by Crippen LogP contribution is 2.59. The fraction of sp³-hybridized carbons (Fsp3) is 0.652. The van der Waals surface area contributed by atoms with E-state index < -0.39 is 8.07 Å². The molecule has 3 rings (SSSR count). The van der Waals surface area contributed by atoms with E-state index in [9.17, 15) is 0 Å². The Morgan fingerprint density at radius 1 is 0.926 bits per heavy atom. The van der Waals surface area contributed by atoms with E-state index >= 15 is 0 Å². The summed E-state index contributed by atoms with van der Waals surface area (Å²) < 4.78 is 17.6. The predicted octanol–water partition coefficient (Wildman–Crippen LogP) is 6.06. The summed E-state index contributed by atoms with van der Waals surface area (Å²) in [6, 6.07) is 3.97. The Bertz CT molecular complexity index is 735. The molecule has 2 aliphatic rings. The van der Waals surface area contributed by atoms with Crippen molar-refractivity contribution in [1.82, 2.24) is 0 Å². The Hall–Kier alpha value is -1.44. The molecular weight excluding hydrogens is 352 g/mol. The number of hydrogen-bond acceptors (Lipinski definition) is 3. The van der Waals surface area contributed by atoms with Crippen LogP contribution in [-0.2, 0) is 4.74 Å². The molecule has 0 unspecified atom stereocenters. The van der Waals surface area contributed by atoms with Crippen LogP contribution in [0.2, 0.25) is 16.6 Å². The molecular formula is C23H34O3Si. The van der Waals surface area contributed by atoms with Crippen molar-refractivity contribution >= 4 is 8.07 Å². The molecule has 27 heavy (non-hydrogen) atoms. The summed E-state index contributed by atoms with van der Waals surface area (Å²) in [5.41, 5.74) is 8.14. The summed E-state index contributed by atoms with van der Waals surface area (Å²) in [6.07, 6.45) is 1.02. The van der Waals surface area contributed by atoms with Gasteiger partial charge in [0.25, 0.3) is 0 Å². The van der Waals surface area contributed by atoms with Crippen LogP contribution in [0.3, 0.4) is 0 Å². The van der Waals surface area contributed by atoms with Crippen LogP contribution in [0.25, 0.3) is 0 Å². The molecule has 0 spiro atoms. The SMILES string of the molecule is COc1ccc(OC)c2c1[C@H]1O[C@@H]2C[C@@H]1C#C[Si](C(C)C)(C(C)C)C(C)C. The average Bonchev–Trinajstić information content (AvgIpc) is 3.19. The van der Waals surface area contributed by atoms with Crippen molar-refractivity contribution in [2.45, 2.75) is 76.8 Å². The lowest BCUT2D eigenvalue weighted by Gasteiger charge is -2.38. The highest BCUT2D eigenvalue weighted by Gasteiger charge is 2.49. The molecule has 2 aliphatic heterocycles. The molecule has 3 nitrogen and oxygen atoms in total. The van der Waals surface area contributed by atoms with Gasteiger partial charge in [0.05, 0.1) is 26.2 Å². The lowest BCUT2D eigenvalue weighted by atomic mass is 9.83. The summed E-state index contributed by atoms with van der Waals surface area (Å²) in [5.74, 6) is 5.76. The molecule has 1 aromatic rings. The Labute approximate surface area is 165 Å². The van der Waals surface area contributed by atoms with Gasteiger partial charge in [0.2, 0.25) is 0 Å². The fourth-order valence-electron chi connectivity index (χ4n) is 5.50. The van der Waals surface area contributed by atoms with Gasteiger partial charge < -0.3 is 14.2 Å². The molecule has 0 radical (unpaired) electrons. The van der Waals surface area contributed by atoms with Gasteiger partial charge in [-0.25, -0.2) is 0 Å². The van der Waals surface area contributed by atoms with Crippen molar-refractivity contribution in [2.75, 3.05) is 14.2 Å². The van der Waals surface area contributed by atoms with Crippen molar-refractivity contribution in [3.8, 4) is 23.0 Å². The minimum atomic E-state index is -1.73. The molecule has 4 heteroatoms. The van der Waals surface area contributed by atoms with E-state index in [1.807, 2.05) is 12.1 Å². The quantitative estimate of drug-likeness (QED) is 0.455. The first-order chi connectivity index (χ1) is 12.8. The monoisotopic (exact) mass is 386 g/mol. The molecule has 0 amide bonds. The molecule has 0 aliphatic carbocycles. The van der Waals surface area contributed by atoms with Crippen LogP contribution in [0.5, 0.6) is 11.5 Å². The van der Waals surface area contributed by atoms with Gasteiger partial charge in [-0.05, 0) is 35.2 Å². The summed E-state index contributed by atoms with van der Waals surface area (Å²) in [4.78, 5) is 0. The molecule has 1 fully saturated rings. The van der Waals surface area contributed by atoms with Crippen molar-refractivity contribution in [2.24, 2.45) is 5.92 Å². The first kappa shape index (κ1) is 20.3. The maximum absolute atomic E-state index is 6.34. The van der Waals surface area contributed by atoms with Gasteiger partial charge in [-0.1, -0.05) is 41.5 Å². The zero-order valence-electron chi connectivity index (χ0n) is 18.1. The third kappa shape index (κ3) is 3.09. The van der Waals surface area contributed by atoms with Gasteiger partial charge in [-0.15, -0.1) is 11.5 Å². The second-order valence-electron chi connectivity index (χ2n) is 8.85. The molecule has 1 aromatic carbocycles. The normalized spacial score (nSPS) is 23.6. The van der Waals surface area contributed by atoms with Crippen LogP contribution in [0.1, 0.15) is 71.3 Å². The van der Waals surface area contributed by atoms with Crippen LogP contribution in [0, 0.1) is 17.4 Å². The van der Waals surface area contributed by atoms with Crippen LogP contribution in [-0.4, -0.2) is 22.3 Å². The molecule has 2 heterocycles. The zero-order chi connectivity index (χ0) is 19.9. The first-order valence-electron chi connectivity index (χ1n) is 10.2. The van der Waals surface area contributed by atoms with Crippen molar-refractivity contribution in [1.29, 1.82) is 0 Å². The van der Waals surface area contributed by atoms with Crippen molar-refractivity contribution in [3.05, 3.63) is 23.3 Å². The van der Waals surface area contributed by atoms with Gasteiger partial charge in [0.15, 0.2) is 0 Å². The summed E-state index contributed by atoms with van der Waals surface area (Å²) in [5, 5.41) is 0. The van der Waals surface area contributed by atoms with Crippen LogP contribution < -0.4 is 9.47 Å². The molecule has 2 bridgehead atoms. The summed E-state index contributed by atoms with van der Waals surface area (Å²) >= 11 is 0.